The second-order valence-electron chi connectivity index (χ2n) is 4.45. The molecule has 0 aliphatic rings. The molecule has 6 nitrogen and oxygen atoms in total. The van der Waals surface area contributed by atoms with Crippen LogP contribution in [0.4, 0.5) is 0 Å². The van der Waals surface area contributed by atoms with E-state index in [0.717, 1.165) is 11.1 Å². The molecule has 0 bridgehead atoms. The lowest BCUT2D eigenvalue weighted by atomic mass is 10.1. The lowest BCUT2D eigenvalue weighted by molar-refractivity contribution is 0.0696. The zero-order chi connectivity index (χ0) is 16.8. The fraction of sp³-hybridized carbons (Fsp3) is 0.133. The van der Waals surface area contributed by atoms with Crippen molar-refractivity contribution >= 4 is 16.1 Å². The fourth-order valence-electron chi connectivity index (χ4n) is 1.46. The summed E-state index contributed by atoms with van der Waals surface area (Å²) < 4.78 is 29.6. The van der Waals surface area contributed by atoms with E-state index in [-0.39, 0.29) is 17.1 Å². The molecule has 0 saturated carbocycles. The molecule has 2 rings (SSSR count). The molecule has 0 fully saturated rings. The van der Waals surface area contributed by atoms with Crippen molar-refractivity contribution in [2.45, 2.75) is 18.4 Å². The molecule has 7 heteroatoms. The van der Waals surface area contributed by atoms with Gasteiger partial charge in [-0.3, -0.25) is 4.55 Å². The van der Waals surface area contributed by atoms with Crippen LogP contribution in [0.5, 0.6) is 0 Å². The molecule has 3 N–H and O–H groups in total. The van der Waals surface area contributed by atoms with Crippen molar-refractivity contribution in [1.29, 1.82) is 0 Å². The standard InChI is InChI=1S/C8H8O3.C7H8O3S/c9-5-6-1-3-7(4-2-6)8(10)11;1-6-2-4-7(5-3-6)11(8,9)10/h1-4,9H,5H2,(H,10,11);2-5H,1H3,(H,8,9,10). The van der Waals surface area contributed by atoms with E-state index in [9.17, 15) is 13.2 Å². The van der Waals surface area contributed by atoms with E-state index >= 15 is 0 Å². The summed E-state index contributed by atoms with van der Waals surface area (Å²) in [4.78, 5) is 10.3. The van der Waals surface area contributed by atoms with Gasteiger partial charge in [-0.1, -0.05) is 29.8 Å². The minimum Gasteiger partial charge on any atom is -0.478 e. The van der Waals surface area contributed by atoms with Crippen LogP contribution >= 0.6 is 0 Å². The average Bonchev–Trinajstić information content (AvgIpc) is 2.47. The number of aryl methyl sites for hydroxylation is 1. The Bertz CT molecular complexity index is 718. The lowest BCUT2D eigenvalue weighted by Gasteiger charge is -1.95. The normalized spacial score (nSPS) is 10.5. The van der Waals surface area contributed by atoms with Crippen LogP contribution in [-0.2, 0) is 16.7 Å². The van der Waals surface area contributed by atoms with Crippen LogP contribution in [-0.4, -0.2) is 29.2 Å². The summed E-state index contributed by atoms with van der Waals surface area (Å²) in [5.74, 6) is -0.950. The minimum atomic E-state index is -4.02. The van der Waals surface area contributed by atoms with Gasteiger partial charge in [-0.15, -0.1) is 0 Å². The maximum atomic E-state index is 10.5. The average molecular weight is 324 g/mol. The second kappa shape index (κ2) is 7.69. The molecule has 0 heterocycles. The molecule has 0 aliphatic heterocycles. The predicted octanol–water partition coefficient (Wildman–Crippen LogP) is 2.12. The maximum Gasteiger partial charge on any atom is 0.335 e. The summed E-state index contributed by atoms with van der Waals surface area (Å²) in [6, 6.07) is 12.1. The highest BCUT2D eigenvalue weighted by molar-refractivity contribution is 7.85. The molecule has 0 spiro atoms. The van der Waals surface area contributed by atoms with Gasteiger partial charge >= 0.3 is 5.97 Å². The number of carboxylic acids is 1. The van der Waals surface area contributed by atoms with Crippen LogP contribution in [0, 0.1) is 6.92 Å². The molecule has 0 aliphatic carbocycles. The molecule has 0 amide bonds. The molecule has 0 radical (unpaired) electrons. The van der Waals surface area contributed by atoms with Crippen molar-refractivity contribution in [1.82, 2.24) is 0 Å². The number of carbonyl (C=O) groups is 1. The summed E-state index contributed by atoms with van der Waals surface area (Å²) in [7, 11) is -4.02. The van der Waals surface area contributed by atoms with Crippen LogP contribution in [0.25, 0.3) is 0 Å². The van der Waals surface area contributed by atoms with Crippen LogP contribution in [0.1, 0.15) is 21.5 Å². The Labute approximate surface area is 128 Å². The third-order valence-electron chi connectivity index (χ3n) is 2.70. The number of benzene rings is 2. The van der Waals surface area contributed by atoms with Crippen molar-refractivity contribution in [3.63, 3.8) is 0 Å². The van der Waals surface area contributed by atoms with Crippen LogP contribution in [0.2, 0.25) is 0 Å². The van der Waals surface area contributed by atoms with Gasteiger partial charge in [0.1, 0.15) is 0 Å². The number of hydrogen-bond donors (Lipinski definition) is 3. The molecular weight excluding hydrogens is 308 g/mol. The highest BCUT2D eigenvalue weighted by atomic mass is 32.2. The molecule has 0 unspecified atom stereocenters. The highest BCUT2D eigenvalue weighted by Gasteiger charge is 2.06. The Morgan fingerprint density at radius 3 is 1.86 bits per heavy atom. The van der Waals surface area contributed by atoms with E-state index in [1.807, 2.05) is 6.92 Å². The molecular formula is C15H16O6S. The summed E-state index contributed by atoms with van der Waals surface area (Å²) in [5.41, 5.74) is 1.91. The Hall–Kier alpha value is -2.22. The zero-order valence-electron chi connectivity index (χ0n) is 11.8. The van der Waals surface area contributed by atoms with E-state index in [2.05, 4.69) is 0 Å². The summed E-state index contributed by atoms with van der Waals surface area (Å²) in [6.45, 7) is 1.79. The smallest absolute Gasteiger partial charge is 0.335 e. The molecule has 22 heavy (non-hydrogen) atoms. The Kier molecular flexibility index (Phi) is 6.24. The Morgan fingerprint density at radius 1 is 1.00 bits per heavy atom. The van der Waals surface area contributed by atoms with Crippen molar-refractivity contribution in [3.8, 4) is 0 Å². The maximum absolute atomic E-state index is 10.5. The third kappa shape index (κ3) is 5.65. The van der Waals surface area contributed by atoms with Crippen molar-refractivity contribution in [2.75, 3.05) is 0 Å². The number of rotatable bonds is 3. The summed E-state index contributed by atoms with van der Waals surface area (Å²) in [5, 5.41) is 17.1. The van der Waals surface area contributed by atoms with Crippen LogP contribution in [0.3, 0.4) is 0 Å². The summed E-state index contributed by atoms with van der Waals surface area (Å²) in [6.07, 6.45) is 0. The van der Waals surface area contributed by atoms with Gasteiger partial charge in [-0.25, -0.2) is 4.79 Å². The van der Waals surface area contributed by atoms with Crippen LogP contribution in [0.15, 0.2) is 53.4 Å². The van der Waals surface area contributed by atoms with Crippen LogP contribution < -0.4 is 0 Å². The Morgan fingerprint density at radius 2 is 1.50 bits per heavy atom. The van der Waals surface area contributed by atoms with Gasteiger partial charge < -0.3 is 10.2 Å². The number of hydrogen-bond acceptors (Lipinski definition) is 4. The van der Waals surface area contributed by atoms with E-state index in [0.29, 0.717) is 0 Å². The largest absolute Gasteiger partial charge is 0.478 e. The van der Waals surface area contributed by atoms with Crippen molar-refractivity contribution in [3.05, 3.63) is 65.2 Å². The first-order valence-electron chi connectivity index (χ1n) is 6.21. The number of carboxylic acid groups (broad SMARTS) is 1. The quantitative estimate of drug-likeness (QED) is 0.746. The predicted molar refractivity (Wildman–Crippen MR) is 80.3 cm³/mol. The SMILES string of the molecule is Cc1ccc(S(=O)(=O)O)cc1.O=C(O)c1ccc(CO)cc1. The summed E-state index contributed by atoms with van der Waals surface area (Å²) >= 11 is 0. The van der Waals surface area contributed by atoms with E-state index < -0.39 is 16.1 Å². The molecule has 2 aromatic rings. The fourth-order valence-corrected chi connectivity index (χ4v) is 1.94. The van der Waals surface area contributed by atoms with Gasteiger partial charge in [0.2, 0.25) is 0 Å². The number of aliphatic hydroxyl groups excluding tert-OH is 1. The topological polar surface area (TPSA) is 112 Å². The zero-order valence-corrected chi connectivity index (χ0v) is 12.6. The molecule has 0 saturated heterocycles. The van der Waals surface area contributed by atoms with Gasteiger partial charge in [0, 0.05) is 0 Å². The van der Waals surface area contributed by atoms with E-state index in [1.54, 1.807) is 24.3 Å². The molecule has 2 aromatic carbocycles. The third-order valence-corrected chi connectivity index (χ3v) is 3.57. The van der Waals surface area contributed by atoms with Gasteiger partial charge in [0.25, 0.3) is 10.1 Å². The van der Waals surface area contributed by atoms with Gasteiger partial charge in [-0.2, -0.15) is 8.42 Å². The first kappa shape index (κ1) is 17.8. The second-order valence-corrected chi connectivity index (χ2v) is 5.87. The van der Waals surface area contributed by atoms with Gasteiger partial charge in [0.15, 0.2) is 0 Å². The minimum absolute atomic E-state index is 0.0557. The van der Waals surface area contributed by atoms with Crippen molar-refractivity contribution < 1.29 is 28.0 Å². The number of aliphatic hydroxyl groups is 1. The molecule has 0 atom stereocenters. The van der Waals surface area contributed by atoms with E-state index in [4.69, 9.17) is 14.8 Å². The molecule has 118 valence electrons. The Balaban J connectivity index is 0.000000220. The first-order valence-corrected chi connectivity index (χ1v) is 7.65. The highest BCUT2D eigenvalue weighted by Crippen LogP contribution is 2.08. The first-order chi connectivity index (χ1) is 10.2. The van der Waals surface area contributed by atoms with Gasteiger partial charge in [-0.05, 0) is 36.8 Å². The van der Waals surface area contributed by atoms with Crippen molar-refractivity contribution in [2.24, 2.45) is 0 Å². The monoisotopic (exact) mass is 324 g/mol. The molecule has 0 aromatic heterocycles. The van der Waals surface area contributed by atoms with E-state index in [1.165, 1.54) is 24.3 Å². The lowest BCUT2D eigenvalue weighted by Crippen LogP contribution is -1.96. The number of aromatic carboxylic acids is 1. The van der Waals surface area contributed by atoms with Gasteiger partial charge in [0.05, 0.1) is 17.1 Å².